The van der Waals surface area contributed by atoms with E-state index in [0.29, 0.717) is 24.0 Å². The van der Waals surface area contributed by atoms with Crippen molar-refractivity contribution in [3.8, 4) is 11.5 Å². The van der Waals surface area contributed by atoms with Gasteiger partial charge in [0.1, 0.15) is 0 Å². The third-order valence-corrected chi connectivity index (χ3v) is 4.33. The normalized spacial score (nSPS) is 10.7. The highest BCUT2D eigenvalue weighted by atomic mass is 127. The molecule has 158 valence electrons. The quantitative estimate of drug-likeness (QED) is 0.191. The number of nitrogens with zero attached hydrogens (tertiary/aromatic N) is 3. The zero-order valence-electron chi connectivity index (χ0n) is 17.0. The second-order valence-corrected chi connectivity index (χ2v) is 6.19. The molecule has 29 heavy (non-hydrogen) atoms. The summed E-state index contributed by atoms with van der Waals surface area (Å²) in [5.74, 6) is 2.12. The van der Waals surface area contributed by atoms with Crippen LogP contribution in [0.25, 0.3) is 0 Å². The van der Waals surface area contributed by atoms with Gasteiger partial charge >= 0.3 is 0 Å². The van der Waals surface area contributed by atoms with Gasteiger partial charge in [0.2, 0.25) is 0 Å². The number of aliphatic imine (C=N–C) groups is 1. The SMILES string of the molecule is CN=C(NCc1cccc([N+](=O)[O-])c1)N(C)CCc1ccc(OC)c(OC)c1.I. The van der Waals surface area contributed by atoms with E-state index in [9.17, 15) is 10.1 Å². The number of halogens is 1. The van der Waals surface area contributed by atoms with Crippen LogP contribution in [0, 0.1) is 10.1 Å². The predicted octanol–water partition coefficient (Wildman–Crippen LogP) is 3.48. The molecule has 0 bridgehead atoms. The Balaban J connectivity index is 0.00000420. The molecular weight excluding hydrogens is 487 g/mol. The van der Waals surface area contributed by atoms with Gasteiger partial charge in [-0.05, 0) is 29.7 Å². The van der Waals surface area contributed by atoms with Crippen molar-refractivity contribution in [2.75, 3.05) is 34.9 Å². The number of guanidine groups is 1. The number of likely N-dealkylation sites (N-methyl/N-ethyl adjacent to an activating group) is 1. The van der Waals surface area contributed by atoms with Crippen LogP contribution in [0.2, 0.25) is 0 Å². The maximum Gasteiger partial charge on any atom is 0.269 e. The van der Waals surface area contributed by atoms with E-state index in [2.05, 4.69) is 10.3 Å². The Hall–Kier alpha value is -2.56. The molecule has 9 heteroatoms. The van der Waals surface area contributed by atoms with Crippen molar-refractivity contribution in [1.82, 2.24) is 10.2 Å². The van der Waals surface area contributed by atoms with E-state index in [1.807, 2.05) is 36.2 Å². The molecule has 0 aromatic heterocycles. The average molecular weight is 514 g/mol. The van der Waals surface area contributed by atoms with Crippen molar-refractivity contribution >= 4 is 35.6 Å². The molecule has 0 spiro atoms. The van der Waals surface area contributed by atoms with E-state index >= 15 is 0 Å². The van der Waals surface area contributed by atoms with Gasteiger partial charge in [0.05, 0.1) is 19.1 Å². The van der Waals surface area contributed by atoms with Crippen LogP contribution in [0.15, 0.2) is 47.5 Å². The molecule has 0 atom stereocenters. The van der Waals surface area contributed by atoms with Gasteiger partial charge in [-0.1, -0.05) is 18.2 Å². The summed E-state index contributed by atoms with van der Waals surface area (Å²) in [5.41, 5.74) is 2.03. The zero-order chi connectivity index (χ0) is 20.5. The highest BCUT2D eigenvalue weighted by Crippen LogP contribution is 2.27. The molecule has 2 rings (SSSR count). The first-order valence-electron chi connectivity index (χ1n) is 8.84. The molecule has 8 nitrogen and oxygen atoms in total. The van der Waals surface area contributed by atoms with Crippen LogP contribution in [0.4, 0.5) is 5.69 Å². The number of non-ortho nitro benzene ring substituents is 1. The summed E-state index contributed by atoms with van der Waals surface area (Å²) in [5, 5.41) is 14.1. The van der Waals surface area contributed by atoms with Crippen molar-refractivity contribution in [2.24, 2.45) is 4.99 Å². The lowest BCUT2D eigenvalue weighted by molar-refractivity contribution is -0.384. The summed E-state index contributed by atoms with van der Waals surface area (Å²) in [6.07, 6.45) is 0.800. The van der Waals surface area contributed by atoms with E-state index < -0.39 is 4.92 Å². The topological polar surface area (TPSA) is 89.2 Å². The lowest BCUT2D eigenvalue weighted by atomic mass is 10.1. The highest BCUT2D eigenvalue weighted by Gasteiger charge is 2.10. The number of benzene rings is 2. The summed E-state index contributed by atoms with van der Waals surface area (Å²) < 4.78 is 10.6. The molecular formula is C20H27IN4O4. The average Bonchev–Trinajstić information content (AvgIpc) is 2.72. The van der Waals surface area contributed by atoms with Crippen molar-refractivity contribution in [3.05, 3.63) is 63.7 Å². The van der Waals surface area contributed by atoms with Crippen LogP contribution in [-0.2, 0) is 13.0 Å². The van der Waals surface area contributed by atoms with Gasteiger partial charge in [0.15, 0.2) is 17.5 Å². The monoisotopic (exact) mass is 514 g/mol. The van der Waals surface area contributed by atoms with E-state index in [1.165, 1.54) is 6.07 Å². The van der Waals surface area contributed by atoms with Gasteiger partial charge in [0, 0.05) is 39.3 Å². The lowest BCUT2D eigenvalue weighted by Gasteiger charge is -2.22. The third kappa shape index (κ3) is 7.08. The highest BCUT2D eigenvalue weighted by molar-refractivity contribution is 14.0. The van der Waals surface area contributed by atoms with Crippen molar-refractivity contribution in [2.45, 2.75) is 13.0 Å². The number of rotatable bonds is 8. The molecule has 0 saturated heterocycles. The van der Waals surface area contributed by atoms with Gasteiger partial charge in [-0.25, -0.2) is 0 Å². The Labute approximate surface area is 188 Å². The van der Waals surface area contributed by atoms with Crippen LogP contribution >= 0.6 is 24.0 Å². The number of nitro benzene ring substituents is 1. The smallest absolute Gasteiger partial charge is 0.269 e. The number of methoxy groups -OCH3 is 2. The maximum absolute atomic E-state index is 10.9. The Kier molecular flexibility index (Phi) is 10.2. The number of hydrogen-bond donors (Lipinski definition) is 1. The van der Waals surface area contributed by atoms with Crippen molar-refractivity contribution in [3.63, 3.8) is 0 Å². The number of nitro groups is 1. The number of ether oxygens (including phenoxy) is 2. The zero-order valence-corrected chi connectivity index (χ0v) is 19.4. The van der Waals surface area contributed by atoms with Gasteiger partial charge in [-0.15, -0.1) is 24.0 Å². The standard InChI is InChI=1S/C20H26N4O4.HI/c1-21-20(22-14-16-6-5-7-17(12-16)24(25)26)23(2)11-10-15-8-9-18(27-3)19(13-15)28-4;/h5-9,12-13H,10-11,14H2,1-4H3,(H,21,22);1H. The van der Waals surface area contributed by atoms with Crippen LogP contribution < -0.4 is 14.8 Å². The minimum Gasteiger partial charge on any atom is -0.493 e. The Morgan fingerprint density at radius 2 is 1.86 bits per heavy atom. The summed E-state index contributed by atoms with van der Waals surface area (Å²) in [4.78, 5) is 16.8. The Morgan fingerprint density at radius 3 is 2.48 bits per heavy atom. The first kappa shape index (κ1) is 24.5. The molecule has 2 aromatic rings. The maximum atomic E-state index is 10.9. The molecule has 0 aliphatic heterocycles. The molecule has 0 radical (unpaired) electrons. The largest absolute Gasteiger partial charge is 0.493 e. The molecule has 0 aliphatic carbocycles. The summed E-state index contributed by atoms with van der Waals surface area (Å²) >= 11 is 0. The van der Waals surface area contributed by atoms with Crippen molar-refractivity contribution < 1.29 is 14.4 Å². The Morgan fingerprint density at radius 1 is 1.14 bits per heavy atom. The molecule has 0 amide bonds. The minimum absolute atomic E-state index is 0. The van der Waals surface area contributed by atoms with E-state index in [1.54, 1.807) is 33.4 Å². The minimum atomic E-state index is -0.395. The van der Waals surface area contributed by atoms with Gasteiger partial charge in [-0.3, -0.25) is 15.1 Å². The van der Waals surface area contributed by atoms with Crippen LogP contribution in [0.5, 0.6) is 11.5 Å². The molecule has 0 unspecified atom stereocenters. The van der Waals surface area contributed by atoms with E-state index in [4.69, 9.17) is 9.47 Å². The summed E-state index contributed by atoms with van der Waals surface area (Å²) in [6, 6.07) is 12.4. The molecule has 0 fully saturated rings. The van der Waals surface area contributed by atoms with E-state index in [-0.39, 0.29) is 29.7 Å². The van der Waals surface area contributed by atoms with Gasteiger partial charge in [0.25, 0.3) is 5.69 Å². The predicted molar refractivity (Wildman–Crippen MR) is 125 cm³/mol. The Bertz CT molecular complexity index is 845. The second-order valence-electron chi connectivity index (χ2n) is 6.19. The van der Waals surface area contributed by atoms with Gasteiger partial charge in [-0.2, -0.15) is 0 Å². The molecule has 0 aliphatic rings. The van der Waals surface area contributed by atoms with E-state index in [0.717, 1.165) is 24.1 Å². The number of nitrogens with one attached hydrogen (secondary N) is 1. The van der Waals surface area contributed by atoms with Crippen LogP contribution in [-0.4, -0.2) is 50.6 Å². The third-order valence-electron chi connectivity index (χ3n) is 4.33. The second kappa shape index (κ2) is 12.1. The first-order chi connectivity index (χ1) is 13.5. The molecule has 1 N–H and O–H groups in total. The number of hydrogen-bond acceptors (Lipinski definition) is 5. The van der Waals surface area contributed by atoms with Crippen LogP contribution in [0.3, 0.4) is 0 Å². The molecule has 0 heterocycles. The first-order valence-corrected chi connectivity index (χ1v) is 8.84. The molecule has 0 saturated carbocycles. The van der Waals surface area contributed by atoms with Gasteiger partial charge < -0.3 is 19.7 Å². The fraction of sp³-hybridized carbons (Fsp3) is 0.350. The fourth-order valence-corrected chi connectivity index (χ4v) is 2.78. The molecule has 2 aromatic carbocycles. The van der Waals surface area contributed by atoms with Crippen LogP contribution in [0.1, 0.15) is 11.1 Å². The lowest BCUT2D eigenvalue weighted by Crippen LogP contribution is -2.39. The van der Waals surface area contributed by atoms with Crippen molar-refractivity contribution in [1.29, 1.82) is 0 Å². The summed E-state index contributed by atoms with van der Waals surface area (Å²) in [7, 11) is 6.89. The summed E-state index contributed by atoms with van der Waals surface area (Å²) in [6.45, 7) is 1.19. The fourth-order valence-electron chi connectivity index (χ4n) is 2.78.